The van der Waals surface area contributed by atoms with Crippen LogP contribution in [0, 0.1) is 0 Å². The molecule has 0 saturated carbocycles. The maximum absolute atomic E-state index is 4.89. The van der Waals surface area contributed by atoms with Gasteiger partial charge in [0.25, 0.3) is 0 Å². The Morgan fingerprint density at radius 2 is 1.06 bits per heavy atom. The molecule has 0 aliphatic carbocycles. The molecule has 9 heteroatoms. The summed E-state index contributed by atoms with van der Waals surface area (Å²) >= 11 is 0. The van der Waals surface area contributed by atoms with Crippen molar-refractivity contribution in [3.8, 4) is 0 Å². The van der Waals surface area contributed by atoms with Crippen LogP contribution in [0.3, 0.4) is 0 Å². The minimum absolute atomic E-state index is 0.683. The SMILES string of the molecule is CC[N+](CC)=C(NCCN(C)C)NCc1cccc(CNC(NCCN(C)C)=[N+](CC)CC)n1. The Balaban J connectivity index is 2.82. The van der Waals surface area contributed by atoms with Crippen molar-refractivity contribution >= 4 is 11.9 Å². The third-order valence-corrected chi connectivity index (χ3v) is 5.60. The molecule has 0 bridgehead atoms. The molecule has 0 radical (unpaired) electrons. The normalized spacial score (nSPS) is 10.9. The van der Waals surface area contributed by atoms with Gasteiger partial charge in [0.05, 0.1) is 50.7 Å². The summed E-state index contributed by atoms with van der Waals surface area (Å²) < 4.78 is 4.62. The van der Waals surface area contributed by atoms with Crippen molar-refractivity contribution in [2.75, 3.05) is 80.5 Å². The first-order valence-electron chi connectivity index (χ1n) is 12.8. The van der Waals surface area contributed by atoms with E-state index < -0.39 is 0 Å². The van der Waals surface area contributed by atoms with Gasteiger partial charge in [-0.15, -0.1) is 0 Å². The lowest BCUT2D eigenvalue weighted by atomic mass is 10.3. The molecule has 0 unspecified atom stereocenters. The zero-order chi connectivity index (χ0) is 25.3. The van der Waals surface area contributed by atoms with Crippen LogP contribution in [0.1, 0.15) is 39.1 Å². The fourth-order valence-electron chi connectivity index (χ4n) is 3.52. The van der Waals surface area contributed by atoms with Gasteiger partial charge >= 0.3 is 11.9 Å². The first-order valence-corrected chi connectivity index (χ1v) is 12.8. The maximum atomic E-state index is 4.89. The van der Waals surface area contributed by atoms with E-state index >= 15 is 0 Å². The van der Waals surface area contributed by atoms with Crippen LogP contribution in [-0.4, -0.2) is 116 Å². The number of hydrogen-bond donors (Lipinski definition) is 4. The van der Waals surface area contributed by atoms with Gasteiger partial charge < -0.3 is 9.80 Å². The zero-order valence-electron chi connectivity index (χ0n) is 23.0. The second-order valence-electron chi connectivity index (χ2n) is 8.83. The molecule has 1 aromatic rings. The number of hydrogen-bond acceptors (Lipinski definition) is 3. The number of nitrogens with zero attached hydrogens (tertiary/aromatic N) is 5. The molecule has 0 atom stereocenters. The number of pyridine rings is 1. The molecular formula is C25H51N9+2. The second kappa shape index (κ2) is 17.1. The number of rotatable bonds is 14. The predicted molar refractivity (Wildman–Crippen MR) is 144 cm³/mol. The van der Waals surface area contributed by atoms with Crippen molar-refractivity contribution in [1.82, 2.24) is 36.1 Å². The lowest BCUT2D eigenvalue weighted by molar-refractivity contribution is -0.525. The largest absolute Gasteiger partial charge is 0.346 e. The maximum Gasteiger partial charge on any atom is 0.346 e. The lowest BCUT2D eigenvalue weighted by Gasteiger charge is -2.15. The van der Waals surface area contributed by atoms with Gasteiger partial charge in [0.15, 0.2) is 0 Å². The third kappa shape index (κ3) is 11.7. The fourth-order valence-corrected chi connectivity index (χ4v) is 3.52. The van der Waals surface area contributed by atoms with Gasteiger partial charge in [-0.3, -0.25) is 35.4 Å². The van der Waals surface area contributed by atoms with E-state index in [0.717, 1.165) is 75.7 Å². The highest BCUT2D eigenvalue weighted by molar-refractivity contribution is 5.75. The first-order chi connectivity index (χ1) is 16.3. The first kappa shape index (κ1) is 29.6. The van der Waals surface area contributed by atoms with E-state index in [2.05, 4.69) is 114 Å². The quantitative estimate of drug-likeness (QED) is 0.175. The minimum Gasteiger partial charge on any atom is -0.306 e. The average Bonchev–Trinajstić information content (AvgIpc) is 2.81. The van der Waals surface area contributed by atoms with Gasteiger partial charge in [0.1, 0.15) is 13.1 Å². The van der Waals surface area contributed by atoms with Crippen molar-refractivity contribution in [3.05, 3.63) is 29.6 Å². The summed E-state index contributed by atoms with van der Waals surface area (Å²) in [4.78, 5) is 9.26. The molecule has 0 amide bonds. The van der Waals surface area contributed by atoms with E-state index in [4.69, 9.17) is 4.98 Å². The zero-order valence-corrected chi connectivity index (χ0v) is 23.0. The van der Waals surface area contributed by atoms with E-state index in [-0.39, 0.29) is 0 Å². The van der Waals surface area contributed by atoms with Gasteiger partial charge in [-0.2, -0.15) is 0 Å². The third-order valence-electron chi connectivity index (χ3n) is 5.60. The smallest absolute Gasteiger partial charge is 0.306 e. The average molecular weight is 478 g/mol. The fraction of sp³-hybridized carbons (Fsp3) is 0.720. The number of aromatic nitrogens is 1. The molecule has 1 aromatic heterocycles. The molecule has 9 nitrogen and oxygen atoms in total. The van der Waals surface area contributed by atoms with E-state index in [0.29, 0.717) is 13.1 Å². The summed E-state index contributed by atoms with van der Waals surface area (Å²) in [7, 11) is 8.37. The molecule has 0 aromatic carbocycles. The molecule has 0 saturated heterocycles. The topological polar surface area (TPSA) is 73.5 Å². The van der Waals surface area contributed by atoms with Crippen LogP contribution in [-0.2, 0) is 13.1 Å². The molecule has 0 spiro atoms. The van der Waals surface area contributed by atoms with Crippen LogP contribution in [0.5, 0.6) is 0 Å². The van der Waals surface area contributed by atoms with Gasteiger partial charge in [-0.1, -0.05) is 6.07 Å². The van der Waals surface area contributed by atoms with Crippen molar-refractivity contribution < 1.29 is 9.15 Å². The Labute approximate surface area is 208 Å². The Morgan fingerprint density at radius 1 is 0.676 bits per heavy atom. The summed E-state index contributed by atoms with van der Waals surface area (Å²) in [6.45, 7) is 17.7. The number of nitrogens with one attached hydrogen (secondary N) is 4. The van der Waals surface area contributed by atoms with Crippen molar-refractivity contribution in [3.63, 3.8) is 0 Å². The van der Waals surface area contributed by atoms with Gasteiger partial charge in [-0.25, -0.2) is 0 Å². The molecule has 4 N–H and O–H groups in total. The molecule has 0 aliphatic heterocycles. The van der Waals surface area contributed by atoms with Crippen LogP contribution in [0.4, 0.5) is 0 Å². The molecule has 0 aliphatic rings. The number of guanidine groups is 2. The monoisotopic (exact) mass is 477 g/mol. The van der Waals surface area contributed by atoms with E-state index in [1.54, 1.807) is 0 Å². The summed E-state index contributed by atoms with van der Waals surface area (Å²) in [5, 5.41) is 14.3. The van der Waals surface area contributed by atoms with E-state index in [1.807, 2.05) is 0 Å². The number of likely N-dealkylation sites (N-methyl/N-ethyl adjacent to an activating group) is 2. The second-order valence-corrected chi connectivity index (χ2v) is 8.83. The van der Waals surface area contributed by atoms with Gasteiger partial charge in [0.2, 0.25) is 0 Å². The minimum atomic E-state index is 0.683. The highest BCUT2D eigenvalue weighted by Crippen LogP contribution is 2.00. The Hall–Kier alpha value is -2.39. The van der Waals surface area contributed by atoms with Crippen LogP contribution in [0.15, 0.2) is 18.2 Å². The molecule has 34 heavy (non-hydrogen) atoms. The van der Waals surface area contributed by atoms with Crippen LogP contribution < -0.4 is 21.3 Å². The molecule has 0 fully saturated rings. The molecule has 1 heterocycles. The molecular weight excluding hydrogens is 426 g/mol. The molecule has 194 valence electrons. The van der Waals surface area contributed by atoms with Crippen LogP contribution in [0.25, 0.3) is 0 Å². The van der Waals surface area contributed by atoms with E-state index in [1.165, 1.54) is 0 Å². The summed E-state index contributed by atoms with van der Waals surface area (Å²) in [6, 6.07) is 6.26. The van der Waals surface area contributed by atoms with Gasteiger partial charge in [-0.05, 0) is 68.0 Å². The Bertz CT molecular complexity index is 685. The highest BCUT2D eigenvalue weighted by Gasteiger charge is 2.13. The van der Waals surface area contributed by atoms with Crippen molar-refractivity contribution in [2.24, 2.45) is 0 Å². The summed E-state index contributed by atoms with van der Waals surface area (Å²) in [5.74, 6) is 2.14. The summed E-state index contributed by atoms with van der Waals surface area (Å²) in [5.41, 5.74) is 2.06. The molecule has 1 rings (SSSR count). The van der Waals surface area contributed by atoms with Gasteiger partial charge in [0, 0.05) is 13.1 Å². The lowest BCUT2D eigenvalue weighted by Crippen LogP contribution is -2.47. The van der Waals surface area contributed by atoms with Crippen molar-refractivity contribution in [2.45, 2.75) is 40.8 Å². The predicted octanol–water partition coefficient (Wildman–Crippen LogP) is 0.380. The van der Waals surface area contributed by atoms with Crippen molar-refractivity contribution in [1.29, 1.82) is 0 Å². The standard InChI is InChI=1S/C25H49N9/c1-9-33(10-2)24(26-16-18-31(5)6)28-20-22-14-13-15-23(30-22)21-29-25(34(11-3)12-4)27-17-19-32(7)8/h13-15H,9-12,16-21H2,1-8H3,(H2,26,27,28,29)/p+2. The van der Waals surface area contributed by atoms with E-state index in [9.17, 15) is 0 Å². The highest BCUT2D eigenvalue weighted by atomic mass is 15.3. The Kier molecular flexibility index (Phi) is 14.9. The van der Waals surface area contributed by atoms with Crippen LogP contribution in [0.2, 0.25) is 0 Å². The summed E-state index contributed by atoms with van der Waals surface area (Å²) in [6.07, 6.45) is 0. The Morgan fingerprint density at radius 3 is 1.38 bits per heavy atom. The van der Waals surface area contributed by atoms with Crippen LogP contribution >= 0.6 is 0 Å².